The Balaban J connectivity index is 0.000000240. The molecule has 2 aromatic heterocycles. The fraction of sp³-hybridized carbons (Fsp3) is 0.467. The molecule has 2 amide bonds. The lowest BCUT2D eigenvalue weighted by molar-refractivity contribution is -0.125. The first-order valence-corrected chi connectivity index (χ1v) is 13.8. The Morgan fingerprint density at radius 2 is 1.09 bits per heavy atom. The van der Waals surface area contributed by atoms with Crippen LogP contribution in [-0.4, -0.2) is 80.9 Å². The van der Waals surface area contributed by atoms with Gasteiger partial charge in [0, 0.05) is 26.6 Å². The molecule has 4 heterocycles. The molecule has 0 saturated heterocycles. The molecule has 0 saturated carbocycles. The molecular weight excluding hydrogens is 572 g/mol. The van der Waals surface area contributed by atoms with Crippen LogP contribution in [0.25, 0.3) is 0 Å². The highest BCUT2D eigenvalue weighted by molar-refractivity contribution is 6.18. The van der Waals surface area contributed by atoms with Crippen molar-refractivity contribution in [3.05, 3.63) is 58.2 Å². The molecule has 2 unspecified atom stereocenters. The van der Waals surface area contributed by atoms with Gasteiger partial charge in [-0.15, -0.1) is 0 Å². The lowest BCUT2D eigenvalue weighted by Crippen LogP contribution is -2.41. The largest absolute Gasteiger partial charge is 0.478 e. The smallest absolute Gasteiger partial charge is 0.338 e. The fourth-order valence-electron chi connectivity index (χ4n) is 4.31. The van der Waals surface area contributed by atoms with Crippen LogP contribution in [0.15, 0.2) is 34.5 Å². The van der Waals surface area contributed by atoms with Gasteiger partial charge in [0.2, 0.25) is 0 Å². The second-order valence-electron chi connectivity index (χ2n) is 11.4. The molecule has 14 heteroatoms. The van der Waals surface area contributed by atoms with E-state index in [0.29, 0.717) is 11.1 Å². The van der Waals surface area contributed by atoms with E-state index in [0.717, 1.165) is 0 Å². The van der Waals surface area contributed by atoms with E-state index in [9.17, 15) is 29.4 Å². The van der Waals surface area contributed by atoms with Crippen molar-refractivity contribution in [1.82, 2.24) is 20.6 Å². The summed E-state index contributed by atoms with van der Waals surface area (Å²) in [5, 5.41) is 24.0. The first-order valence-electron chi connectivity index (χ1n) is 13.8. The first kappa shape index (κ1) is 33.9. The van der Waals surface area contributed by atoms with Crippen molar-refractivity contribution in [3.63, 3.8) is 0 Å². The molecule has 4 rings (SSSR count). The molecule has 0 bridgehead atoms. The molecule has 0 fully saturated rings. The molecule has 14 nitrogen and oxygen atoms in total. The highest BCUT2D eigenvalue weighted by Gasteiger charge is 2.44. The van der Waals surface area contributed by atoms with E-state index < -0.39 is 23.0 Å². The van der Waals surface area contributed by atoms with Gasteiger partial charge in [0.25, 0.3) is 11.8 Å². The van der Waals surface area contributed by atoms with Crippen LogP contribution < -0.4 is 10.6 Å². The number of aliphatic imine (C=N–C) groups is 2. The van der Waals surface area contributed by atoms with E-state index in [1.807, 2.05) is 27.7 Å². The summed E-state index contributed by atoms with van der Waals surface area (Å²) in [6, 6.07) is 2.96. The van der Waals surface area contributed by atoms with Crippen molar-refractivity contribution in [1.29, 1.82) is 0 Å². The summed E-state index contributed by atoms with van der Waals surface area (Å²) in [6.45, 7) is 11.5. The average Bonchev–Trinajstić information content (AvgIpc) is 3.45. The summed E-state index contributed by atoms with van der Waals surface area (Å²) in [5.41, 5.74) is -0.269. The zero-order valence-corrected chi connectivity index (χ0v) is 26.0. The topological polar surface area (TPSA) is 202 Å². The number of aromatic nitrogens is 2. The van der Waals surface area contributed by atoms with Gasteiger partial charge in [0.1, 0.15) is 22.5 Å². The molecule has 236 valence electrons. The van der Waals surface area contributed by atoms with Crippen LogP contribution in [0, 0.1) is 11.8 Å². The third-order valence-electron chi connectivity index (χ3n) is 7.74. The summed E-state index contributed by atoms with van der Waals surface area (Å²) >= 11 is 0. The average molecular weight is 611 g/mol. The van der Waals surface area contributed by atoms with Gasteiger partial charge in [-0.2, -0.15) is 0 Å². The number of amidine groups is 2. The number of nitrogens with one attached hydrogen (secondary N) is 2. The predicted molar refractivity (Wildman–Crippen MR) is 160 cm³/mol. The Labute approximate surface area is 255 Å². The molecule has 0 aliphatic carbocycles. The fourth-order valence-corrected chi connectivity index (χ4v) is 4.31. The van der Waals surface area contributed by atoms with Crippen molar-refractivity contribution in [3.8, 4) is 0 Å². The molecule has 2 aromatic rings. The Hall–Kier alpha value is -4.56. The summed E-state index contributed by atoms with van der Waals surface area (Å²) in [7, 11) is 3.04. The number of hydrogen-bond acceptors (Lipinski definition) is 10. The molecule has 44 heavy (non-hydrogen) atoms. The van der Waals surface area contributed by atoms with Crippen LogP contribution in [0.1, 0.15) is 84.8 Å². The van der Waals surface area contributed by atoms with Gasteiger partial charge in [-0.05, 0) is 48.9 Å². The van der Waals surface area contributed by atoms with E-state index in [1.54, 1.807) is 13.8 Å². The van der Waals surface area contributed by atoms with Crippen LogP contribution in [0.2, 0.25) is 0 Å². The number of carbonyl (C=O) groups excluding carboxylic acids is 2. The minimum atomic E-state index is -1.13. The highest BCUT2D eigenvalue weighted by Crippen LogP contribution is 2.28. The number of methoxy groups -OCH3 is 2. The van der Waals surface area contributed by atoms with Crippen LogP contribution in [0.4, 0.5) is 0 Å². The van der Waals surface area contributed by atoms with Crippen molar-refractivity contribution in [2.75, 3.05) is 14.2 Å². The Morgan fingerprint density at radius 1 is 0.750 bits per heavy atom. The minimum absolute atomic E-state index is 0.0124. The molecule has 2 atom stereocenters. The lowest BCUT2D eigenvalue weighted by Gasteiger charge is -2.21. The van der Waals surface area contributed by atoms with Crippen LogP contribution >= 0.6 is 0 Å². The van der Waals surface area contributed by atoms with Gasteiger partial charge in [0.15, 0.2) is 11.7 Å². The van der Waals surface area contributed by atoms with Gasteiger partial charge in [-0.3, -0.25) is 19.6 Å². The number of hydrogen-bond donors (Lipinski definition) is 4. The van der Waals surface area contributed by atoms with Crippen molar-refractivity contribution >= 4 is 35.4 Å². The summed E-state index contributed by atoms with van der Waals surface area (Å²) < 4.78 is 9.95. The van der Waals surface area contributed by atoms with Gasteiger partial charge in [-0.25, -0.2) is 19.6 Å². The van der Waals surface area contributed by atoms with E-state index in [1.165, 1.54) is 38.7 Å². The van der Waals surface area contributed by atoms with Gasteiger partial charge in [0.05, 0.1) is 24.3 Å². The molecule has 0 radical (unpaired) electrons. The number of carboxylic acids is 2. The van der Waals surface area contributed by atoms with Crippen LogP contribution in [-0.2, 0) is 32.3 Å². The highest BCUT2D eigenvalue weighted by atomic mass is 16.5. The monoisotopic (exact) mass is 610 g/mol. The van der Waals surface area contributed by atoms with Crippen molar-refractivity contribution < 1.29 is 38.9 Å². The van der Waals surface area contributed by atoms with Gasteiger partial charge >= 0.3 is 11.9 Å². The number of nitrogens with zero attached hydrogens (tertiary/aromatic N) is 4. The summed E-state index contributed by atoms with van der Waals surface area (Å²) in [4.78, 5) is 64.3. The number of carboxylic acid groups (broad SMARTS) is 2. The minimum Gasteiger partial charge on any atom is -0.478 e. The SMILES string of the molecule is COCc1cnc(C2=NC(C)(C(C)C)C(=O)N2)c(C(=O)O)c1.COCc1cnc(C2=NC(C)(C(C)C)C(=O)N2)c(C(=O)O)c1. The maximum Gasteiger partial charge on any atom is 0.338 e. The molecule has 0 spiro atoms. The number of aromatic carboxylic acids is 2. The number of rotatable bonds is 10. The maximum absolute atomic E-state index is 12.2. The van der Waals surface area contributed by atoms with Crippen molar-refractivity contribution in [2.45, 2.75) is 65.8 Å². The molecule has 0 aromatic carbocycles. The van der Waals surface area contributed by atoms with Gasteiger partial charge in [-0.1, -0.05) is 27.7 Å². The third kappa shape index (κ3) is 6.81. The summed E-state index contributed by atoms with van der Waals surface area (Å²) in [6.07, 6.45) is 3.04. The lowest BCUT2D eigenvalue weighted by atomic mass is 9.89. The third-order valence-corrected chi connectivity index (χ3v) is 7.74. The van der Waals surface area contributed by atoms with E-state index >= 15 is 0 Å². The molecule has 2 aliphatic rings. The van der Waals surface area contributed by atoms with Crippen LogP contribution in [0.3, 0.4) is 0 Å². The maximum atomic E-state index is 12.2. The van der Waals surface area contributed by atoms with E-state index in [4.69, 9.17) is 9.47 Å². The van der Waals surface area contributed by atoms with E-state index in [-0.39, 0.29) is 71.0 Å². The van der Waals surface area contributed by atoms with Crippen LogP contribution in [0.5, 0.6) is 0 Å². The van der Waals surface area contributed by atoms with Gasteiger partial charge < -0.3 is 30.3 Å². The standard InChI is InChI=1S/2C15H19N3O4/c2*1-8(2)15(3)14(21)17-12(18-15)11-10(13(19)20)5-9(6-16-11)7-22-4/h2*5-6,8H,7H2,1-4H3,(H,19,20)(H,17,18,21). The second kappa shape index (κ2) is 13.4. The predicted octanol–water partition coefficient (Wildman–Crippen LogP) is 2.43. The van der Waals surface area contributed by atoms with E-state index in [2.05, 4.69) is 30.6 Å². The zero-order valence-electron chi connectivity index (χ0n) is 26.0. The normalized spacial score (nSPS) is 21.0. The Kier molecular flexibility index (Phi) is 10.3. The zero-order chi connectivity index (χ0) is 33.0. The molecule has 2 aliphatic heterocycles. The second-order valence-corrected chi connectivity index (χ2v) is 11.4. The number of pyridine rings is 2. The Morgan fingerprint density at radius 3 is 1.34 bits per heavy atom. The molecule has 4 N–H and O–H groups in total. The summed E-state index contributed by atoms with van der Waals surface area (Å²) in [5.74, 6) is -2.42. The van der Waals surface area contributed by atoms with Crippen molar-refractivity contribution in [2.24, 2.45) is 21.8 Å². The first-order chi connectivity index (χ1) is 20.6. The quantitative estimate of drug-likeness (QED) is 0.309. The Bertz CT molecular complexity index is 1420. The number of carbonyl (C=O) groups is 4. The number of ether oxygens (including phenoxy) is 2. The molecular formula is C30H38N6O8. The number of amides is 2.